The second-order valence-electron chi connectivity index (χ2n) is 7.66. The molecule has 2 aromatic carbocycles. The van der Waals surface area contributed by atoms with Crippen LogP contribution in [0, 0.1) is 11.8 Å². The van der Waals surface area contributed by atoms with Crippen molar-refractivity contribution in [2.75, 3.05) is 13.1 Å². The number of carboxylic acid groups (broad SMARTS) is 2. The first-order valence-corrected chi connectivity index (χ1v) is 9.13. The van der Waals surface area contributed by atoms with Crippen LogP contribution in [0.4, 0.5) is 0 Å². The molecule has 1 aliphatic rings. The molecule has 0 saturated carbocycles. The van der Waals surface area contributed by atoms with Crippen LogP contribution in [0.2, 0.25) is 0 Å². The fourth-order valence-electron chi connectivity index (χ4n) is 4.15. The number of carbonyl (C=O) groups is 2. The van der Waals surface area contributed by atoms with E-state index in [1.165, 1.54) is 0 Å². The van der Waals surface area contributed by atoms with Crippen LogP contribution in [0.5, 0.6) is 0 Å². The zero-order valence-electron chi connectivity index (χ0n) is 15.6. The third-order valence-corrected chi connectivity index (χ3v) is 5.79. The Bertz CT molecular complexity index is 780. The molecule has 2 unspecified atom stereocenters. The molecule has 1 saturated heterocycles. The lowest BCUT2D eigenvalue weighted by molar-refractivity contribution is -0.154. The zero-order valence-corrected chi connectivity index (χ0v) is 15.6. The van der Waals surface area contributed by atoms with Crippen molar-refractivity contribution in [3.8, 4) is 0 Å². The highest BCUT2D eigenvalue weighted by atomic mass is 16.4. The summed E-state index contributed by atoms with van der Waals surface area (Å²) in [7, 11) is 0. The monoisotopic (exact) mass is 367 g/mol. The predicted octanol–water partition coefficient (Wildman–Crippen LogP) is 3.42. The van der Waals surface area contributed by atoms with Crippen LogP contribution in [-0.4, -0.2) is 40.1 Å². The van der Waals surface area contributed by atoms with Crippen LogP contribution in [0.15, 0.2) is 60.7 Å². The largest absolute Gasteiger partial charge is 0.481 e. The van der Waals surface area contributed by atoms with Crippen LogP contribution < -0.4 is 0 Å². The van der Waals surface area contributed by atoms with Crippen molar-refractivity contribution in [3.05, 3.63) is 71.8 Å². The SMILES string of the molecule is CC(C)(c1ccccc1)N1CC(C(=O)O)C(c2ccccc2)C(C(=O)O)C1. The smallest absolute Gasteiger partial charge is 0.308 e. The summed E-state index contributed by atoms with van der Waals surface area (Å²) in [5.41, 5.74) is 1.34. The Morgan fingerprint density at radius 3 is 1.74 bits per heavy atom. The van der Waals surface area contributed by atoms with Gasteiger partial charge in [0.1, 0.15) is 0 Å². The van der Waals surface area contributed by atoms with E-state index in [-0.39, 0.29) is 0 Å². The van der Waals surface area contributed by atoms with Gasteiger partial charge >= 0.3 is 11.9 Å². The van der Waals surface area contributed by atoms with Crippen molar-refractivity contribution >= 4 is 11.9 Å². The molecular weight excluding hydrogens is 342 g/mol. The fraction of sp³-hybridized carbons (Fsp3) is 0.364. The minimum Gasteiger partial charge on any atom is -0.481 e. The van der Waals surface area contributed by atoms with Gasteiger partial charge in [-0.05, 0) is 25.0 Å². The molecule has 2 aromatic rings. The van der Waals surface area contributed by atoms with Gasteiger partial charge in [-0.15, -0.1) is 0 Å². The van der Waals surface area contributed by atoms with E-state index >= 15 is 0 Å². The van der Waals surface area contributed by atoms with E-state index < -0.39 is 35.2 Å². The Morgan fingerprint density at radius 1 is 0.852 bits per heavy atom. The van der Waals surface area contributed by atoms with E-state index in [4.69, 9.17) is 0 Å². The van der Waals surface area contributed by atoms with Crippen LogP contribution in [0.3, 0.4) is 0 Å². The number of piperidine rings is 1. The number of aliphatic carboxylic acids is 2. The second kappa shape index (κ2) is 7.53. The van der Waals surface area contributed by atoms with Crippen molar-refractivity contribution in [1.29, 1.82) is 0 Å². The minimum atomic E-state index is -0.955. The lowest BCUT2D eigenvalue weighted by Crippen LogP contribution is -2.56. The number of nitrogens with zero attached hydrogens (tertiary/aromatic N) is 1. The maximum atomic E-state index is 12.1. The number of benzene rings is 2. The molecule has 0 amide bonds. The Hall–Kier alpha value is -2.66. The van der Waals surface area contributed by atoms with Crippen LogP contribution in [-0.2, 0) is 15.1 Å². The van der Waals surface area contributed by atoms with Crippen molar-refractivity contribution < 1.29 is 19.8 Å². The molecule has 0 radical (unpaired) electrons. The predicted molar refractivity (Wildman–Crippen MR) is 102 cm³/mol. The Morgan fingerprint density at radius 2 is 1.30 bits per heavy atom. The maximum Gasteiger partial charge on any atom is 0.308 e. The number of likely N-dealkylation sites (tertiary alicyclic amines) is 1. The van der Waals surface area contributed by atoms with Crippen molar-refractivity contribution in [3.63, 3.8) is 0 Å². The van der Waals surface area contributed by atoms with E-state index in [0.29, 0.717) is 13.1 Å². The van der Waals surface area contributed by atoms with Gasteiger partial charge in [0.25, 0.3) is 0 Å². The molecule has 0 aromatic heterocycles. The highest BCUT2D eigenvalue weighted by Crippen LogP contribution is 2.42. The molecule has 5 heteroatoms. The van der Waals surface area contributed by atoms with Gasteiger partial charge in [-0.2, -0.15) is 0 Å². The van der Waals surface area contributed by atoms with Gasteiger partial charge in [-0.3, -0.25) is 14.5 Å². The van der Waals surface area contributed by atoms with Gasteiger partial charge in [-0.25, -0.2) is 0 Å². The molecule has 5 nitrogen and oxygen atoms in total. The average molecular weight is 367 g/mol. The van der Waals surface area contributed by atoms with Crippen molar-refractivity contribution in [1.82, 2.24) is 4.90 Å². The molecule has 1 heterocycles. The van der Waals surface area contributed by atoms with Crippen LogP contribution in [0.25, 0.3) is 0 Å². The van der Waals surface area contributed by atoms with Gasteiger partial charge in [0.05, 0.1) is 11.8 Å². The van der Waals surface area contributed by atoms with E-state index in [9.17, 15) is 19.8 Å². The maximum absolute atomic E-state index is 12.1. The topological polar surface area (TPSA) is 77.8 Å². The molecule has 3 rings (SSSR count). The highest BCUT2D eigenvalue weighted by Gasteiger charge is 2.48. The highest BCUT2D eigenvalue weighted by molar-refractivity contribution is 5.77. The Labute approximate surface area is 159 Å². The van der Waals surface area contributed by atoms with Crippen LogP contribution in [0.1, 0.15) is 30.9 Å². The molecule has 0 bridgehead atoms. The molecular formula is C22H25NO4. The summed E-state index contributed by atoms with van der Waals surface area (Å²) >= 11 is 0. The van der Waals surface area contributed by atoms with Gasteiger partial charge in [0.2, 0.25) is 0 Å². The zero-order chi connectivity index (χ0) is 19.6. The number of rotatable bonds is 5. The summed E-state index contributed by atoms with van der Waals surface area (Å²) in [4.78, 5) is 26.2. The first-order chi connectivity index (χ1) is 12.8. The summed E-state index contributed by atoms with van der Waals surface area (Å²) in [6.45, 7) is 4.65. The minimum absolute atomic E-state index is 0.306. The summed E-state index contributed by atoms with van der Waals surface area (Å²) < 4.78 is 0. The molecule has 1 fully saturated rings. The molecule has 0 spiro atoms. The fourth-order valence-corrected chi connectivity index (χ4v) is 4.15. The van der Waals surface area contributed by atoms with Crippen molar-refractivity contribution in [2.45, 2.75) is 25.3 Å². The van der Waals surface area contributed by atoms with E-state index in [0.717, 1.165) is 11.1 Å². The number of carboxylic acids is 2. The van der Waals surface area contributed by atoms with E-state index in [2.05, 4.69) is 0 Å². The first kappa shape index (κ1) is 19.1. The molecule has 27 heavy (non-hydrogen) atoms. The lowest BCUT2D eigenvalue weighted by atomic mass is 9.72. The first-order valence-electron chi connectivity index (χ1n) is 9.13. The van der Waals surface area contributed by atoms with Crippen LogP contribution >= 0.6 is 0 Å². The normalized spacial score (nSPS) is 23.7. The Balaban J connectivity index is 2.00. The lowest BCUT2D eigenvalue weighted by Gasteiger charge is -2.48. The summed E-state index contributed by atoms with van der Waals surface area (Å²) in [5, 5.41) is 19.8. The standard InChI is InChI=1S/C22H25NO4/c1-22(2,16-11-7-4-8-12-16)23-13-17(20(24)25)19(18(14-23)21(26)27)15-9-5-3-6-10-15/h3-12,17-19H,13-14H2,1-2H3,(H,24,25)(H,26,27). The summed E-state index contributed by atoms with van der Waals surface area (Å²) in [6.07, 6.45) is 0. The van der Waals surface area contributed by atoms with Gasteiger partial charge < -0.3 is 10.2 Å². The summed E-state index contributed by atoms with van der Waals surface area (Å²) in [6, 6.07) is 19.0. The molecule has 2 N–H and O–H groups in total. The Kier molecular flexibility index (Phi) is 5.33. The van der Waals surface area contributed by atoms with Gasteiger partial charge in [-0.1, -0.05) is 60.7 Å². The van der Waals surface area contributed by atoms with Crippen molar-refractivity contribution in [2.24, 2.45) is 11.8 Å². The second-order valence-corrected chi connectivity index (χ2v) is 7.66. The molecule has 0 aliphatic carbocycles. The number of hydrogen-bond acceptors (Lipinski definition) is 3. The van der Waals surface area contributed by atoms with E-state index in [1.807, 2.05) is 79.4 Å². The molecule has 1 aliphatic heterocycles. The quantitative estimate of drug-likeness (QED) is 0.847. The third-order valence-electron chi connectivity index (χ3n) is 5.79. The van der Waals surface area contributed by atoms with Gasteiger partial charge in [0.15, 0.2) is 0 Å². The molecule has 2 atom stereocenters. The third kappa shape index (κ3) is 3.74. The number of hydrogen-bond donors (Lipinski definition) is 2. The average Bonchev–Trinajstić information content (AvgIpc) is 2.68. The van der Waals surface area contributed by atoms with E-state index in [1.54, 1.807) is 0 Å². The van der Waals surface area contributed by atoms with Gasteiger partial charge in [0, 0.05) is 24.5 Å². The molecule has 142 valence electrons. The summed E-state index contributed by atoms with van der Waals surface area (Å²) in [5.74, 6) is -4.04.